The first kappa shape index (κ1) is 23.8. The highest BCUT2D eigenvalue weighted by Crippen LogP contribution is 2.23. The predicted octanol–water partition coefficient (Wildman–Crippen LogP) is 3.05. The molecule has 1 saturated heterocycles. The van der Waals surface area contributed by atoms with Crippen molar-refractivity contribution in [3.05, 3.63) is 64.2 Å². The Hall–Kier alpha value is -2.89. The smallest absolute Gasteiger partial charge is 0.491 e. The molecule has 1 unspecified atom stereocenters. The van der Waals surface area contributed by atoms with Crippen molar-refractivity contribution in [3.8, 4) is 11.5 Å². The molecular formula is C21H24F3N3O5. The van der Waals surface area contributed by atoms with E-state index in [4.69, 9.17) is 4.74 Å². The van der Waals surface area contributed by atoms with Gasteiger partial charge in [-0.2, -0.15) is 0 Å². The first-order valence-corrected chi connectivity index (χ1v) is 10.0. The largest absolute Gasteiger partial charge is 0.573 e. The highest BCUT2D eigenvalue weighted by atomic mass is 19.4. The summed E-state index contributed by atoms with van der Waals surface area (Å²) in [5, 5.41) is 21.0. The van der Waals surface area contributed by atoms with E-state index in [1.807, 2.05) is 0 Å². The van der Waals surface area contributed by atoms with E-state index < -0.39 is 17.4 Å². The first-order chi connectivity index (χ1) is 15.2. The molecule has 0 bridgehead atoms. The van der Waals surface area contributed by atoms with Crippen LogP contribution in [0.3, 0.4) is 0 Å². The van der Waals surface area contributed by atoms with E-state index in [-0.39, 0.29) is 18.0 Å². The summed E-state index contributed by atoms with van der Waals surface area (Å²) in [4.78, 5) is 14.6. The zero-order chi connectivity index (χ0) is 23.1. The van der Waals surface area contributed by atoms with Gasteiger partial charge in [-0.3, -0.25) is 19.9 Å². The fourth-order valence-corrected chi connectivity index (χ4v) is 3.41. The van der Waals surface area contributed by atoms with Gasteiger partial charge in [0.15, 0.2) is 0 Å². The number of aliphatic hydroxyl groups is 1. The summed E-state index contributed by atoms with van der Waals surface area (Å²) >= 11 is 0. The standard InChI is InChI=1S/C21H24F3N3O5/c22-21(23,24)32-19-6-4-16(5-7-19)13-25-8-10-26(11-9-25)14-18(28)15-31-20-3-1-2-17(12-20)27(29)30/h1-7,12,18,28H,8-11,13-15H2. The third-order valence-corrected chi connectivity index (χ3v) is 4.97. The minimum absolute atomic E-state index is 0.0216. The van der Waals surface area contributed by atoms with Gasteiger partial charge in [0.1, 0.15) is 24.2 Å². The molecule has 0 saturated carbocycles. The summed E-state index contributed by atoms with van der Waals surface area (Å²) in [6.45, 7) is 3.99. The Labute approximate surface area is 182 Å². The molecule has 2 aromatic rings. The number of rotatable bonds is 9. The summed E-state index contributed by atoms with van der Waals surface area (Å²) in [7, 11) is 0. The molecule has 0 amide bonds. The number of β-amino-alcohol motifs (C(OH)–C–C–N with tert-alkyl or cyclic N) is 1. The number of nitro benzene ring substituents is 1. The van der Waals surface area contributed by atoms with Crippen LogP contribution in [0.25, 0.3) is 0 Å². The third-order valence-electron chi connectivity index (χ3n) is 4.97. The Bertz CT molecular complexity index is 887. The molecule has 0 aromatic heterocycles. The summed E-state index contributed by atoms with van der Waals surface area (Å²) < 4.78 is 46.1. The summed E-state index contributed by atoms with van der Waals surface area (Å²) in [6, 6.07) is 11.6. The molecule has 1 aliphatic heterocycles. The lowest BCUT2D eigenvalue weighted by molar-refractivity contribution is -0.384. The zero-order valence-corrected chi connectivity index (χ0v) is 17.2. The molecule has 32 heavy (non-hydrogen) atoms. The van der Waals surface area contributed by atoms with Crippen molar-refractivity contribution >= 4 is 5.69 Å². The molecule has 1 N–H and O–H groups in total. The number of nitrogens with zero attached hydrogens (tertiary/aromatic N) is 3. The maximum absolute atomic E-state index is 12.2. The Morgan fingerprint density at radius 1 is 1.03 bits per heavy atom. The second kappa shape index (κ2) is 10.6. The van der Waals surface area contributed by atoms with Gasteiger partial charge in [-0.15, -0.1) is 13.2 Å². The quantitative estimate of drug-likeness (QED) is 0.459. The van der Waals surface area contributed by atoms with Gasteiger partial charge >= 0.3 is 6.36 Å². The SMILES string of the molecule is O=[N+]([O-])c1cccc(OCC(O)CN2CCN(Cc3ccc(OC(F)(F)F)cc3)CC2)c1. The highest BCUT2D eigenvalue weighted by Gasteiger charge is 2.31. The van der Waals surface area contributed by atoms with Gasteiger partial charge in [-0.1, -0.05) is 18.2 Å². The fraction of sp³-hybridized carbons (Fsp3) is 0.429. The van der Waals surface area contributed by atoms with E-state index in [1.165, 1.54) is 30.3 Å². The van der Waals surface area contributed by atoms with Gasteiger partial charge in [-0.05, 0) is 23.8 Å². The van der Waals surface area contributed by atoms with E-state index in [0.29, 0.717) is 18.8 Å². The number of ether oxygens (including phenoxy) is 2. The summed E-state index contributed by atoms with van der Waals surface area (Å²) in [5.74, 6) is 0.0853. The lowest BCUT2D eigenvalue weighted by Crippen LogP contribution is -2.48. The Morgan fingerprint density at radius 2 is 1.69 bits per heavy atom. The van der Waals surface area contributed by atoms with E-state index in [1.54, 1.807) is 18.2 Å². The predicted molar refractivity (Wildman–Crippen MR) is 109 cm³/mol. The second-order valence-electron chi connectivity index (χ2n) is 7.49. The van der Waals surface area contributed by atoms with Crippen LogP contribution in [0.2, 0.25) is 0 Å². The van der Waals surface area contributed by atoms with Gasteiger partial charge in [0, 0.05) is 45.3 Å². The van der Waals surface area contributed by atoms with Crippen LogP contribution in [-0.4, -0.2) is 71.6 Å². The van der Waals surface area contributed by atoms with Crippen molar-refractivity contribution in [1.29, 1.82) is 0 Å². The molecule has 1 fully saturated rings. The number of hydrogen-bond acceptors (Lipinski definition) is 7. The minimum Gasteiger partial charge on any atom is -0.491 e. The molecule has 0 radical (unpaired) electrons. The summed E-state index contributed by atoms with van der Waals surface area (Å²) in [5.41, 5.74) is 0.814. The molecule has 174 valence electrons. The zero-order valence-electron chi connectivity index (χ0n) is 17.2. The topological polar surface area (TPSA) is 88.3 Å². The normalized spacial score (nSPS) is 16.5. The van der Waals surface area contributed by atoms with Gasteiger partial charge in [0.25, 0.3) is 5.69 Å². The van der Waals surface area contributed by atoms with Crippen LogP contribution >= 0.6 is 0 Å². The minimum atomic E-state index is -4.70. The van der Waals surface area contributed by atoms with Gasteiger partial charge in [-0.25, -0.2) is 0 Å². The van der Waals surface area contributed by atoms with Crippen molar-refractivity contribution in [2.24, 2.45) is 0 Å². The molecule has 8 nitrogen and oxygen atoms in total. The number of non-ortho nitro benzene ring substituents is 1. The highest BCUT2D eigenvalue weighted by molar-refractivity contribution is 5.37. The lowest BCUT2D eigenvalue weighted by atomic mass is 10.2. The summed E-state index contributed by atoms with van der Waals surface area (Å²) in [6.07, 6.45) is -5.45. The van der Waals surface area contributed by atoms with E-state index in [0.717, 1.165) is 31.7 Å². The Kier molecular flexibility index (Phi) is 7.89. The van der Waals surface area contributed by atoms with Crippen molar-refractivity contribution in [1.82, 2.24) is 9.80 Å². The molecule has 0 spiro atoms. The van der Waals surface area contributed by atoms with Gasteiger partial charge in [0.05, 0.1) is 11.0 Å². The molecule has 1 heterocycles. The third kappa shape index (κ3) is 7.66. The molecule has 1 aliphatic rings. The van der Waals surface area contributed by atoms with Crippen molar-refractivity contribution < 1.29 is 32.7 Å². The van der Waals surface area contributed by atoms with Crippen molar-refractivity contribution in [2.75, 3.05) is 39.3 Å². The number of hydrogen-bond donors (Lipinski definition) is 1. The maximum Gasteiger partial charge on any atom is 0.573 e. The van der Waals surface area contributed by atoms with Crippen LogP contribution in [0.1, 0.15) is 5.56 Å². The number of piperazine rings is 1. The Balaban J connectivity index is 1.38. The van der Waals surface area contributed by atoms with Crippen LogP contribution < -0.4 is 9.47 Å². The second-order valence-corrected chi connectivity index (χ2v) is 7.49. The number of alkyl halides is 3. The first-order valence-electron chi connectivity index (χ1n) is 10.0. The molecular weight excluding hydrogens is 431 g/mol. The van der Waals surface area contributed by atoms with Crippen molar-refractivity contribution in [2.45, 2.75) is 19.0 Å². The van der Waals surface area contributed by atoms with Crippen LogP contribution in [0.15, 0.2) is 48.5 Å². The molecule has 3 rings (SSSR count). The van der Waals surface area contributed by atoms with Crippen LogP contribution in [0.4, 0.5) is 18.9 Å². The number of nitro groups is 1. The molecule has 11 heteroatoms. The molecule has 0 aliphatic carbocycles. The van der Waals surface area contributed by atoms with Gasteiger partial charge < -0.3 is 14.6 Å². The van der Waals surface area contributed by atoms with Crippen molar-refractivity contribution in [3.63, 3.8) is 0 Å². The number of aliphatic hydroxyl groups excluding tert-OH is 1. The lowest BCUT2D eigenvalue weighted by Gasteiger charge is -2.35. The Morgan fingerprint density at radius 3 is 2.31 bits per heavy atom. The molecule has 2 aromatic carbocycles. The average Bonchev–Trinajstić information content (AvgIpc) is 2.74. The van der Waals surface area contributed by atoms with Crippen LogP contribution in [-0.2, 0) is 6.54 Å². The van der Waals surface area contributed by atoms with Crippen LogP contribution in [0.5, 0.6) is 11.5 Å². The van der Waals surface area contributed by atoms with Gasteiger partial charge in [0.2, 0.25) is 0 Å². The monoisotopic (exact) mass is 455 g/mol. The van der Waals surface area contributed by atoms with Crippen LogP contribution in [0, 0.1) is 10.1 Å². The maximum atomic E-state index is 12.2. The average molecular weight is 455 g/mol. The number of benzene rings is 2. The van der Waals surface area contributed by atoms with E-state index in [9.17, 15) is 28.4 Å². The van der Waals surface area contributed by atoms with E-state index in [2.05, 4.69) is 14.5 Å². The fourth-order valence-electron chi connectivity index (χ4n) is 3.41. The van der Waals surface area contributed by atoms with E-state index >= 15 is 0 Å². The number of halogens is 3. The molecule has 1 atom stereocenters.